The van der Waals surface area contributed by atoms with Crippen molar-refractivity contribution in [3.05, 3.63) is 23.8 Å². The first-order valence-corrected chi connectivity index (χ1v) is 10.9. The number of benzene rings is 1. The Balaban J connectivity index is 1.41. The highest BCUT2D eigenvalue weighted by Crippen LogP contribution is 2.44. The van der Waals surface area contributed by atoms with Gasteiger partial charge in [0.1, 0.15) is 11.4 Å². The Morgan fingerprint density at radius 2 is 1.94 bits per heavy atom. The van der Waals surface area contributed by atoms with Crippen LogP contribution in [0.5, 0.6) is 5.75 Å². The molecule has 2 saturated heterocycles. The van der Waals surface area contributed by atoms with Crippen molar-refractivity contribution in [2.45, 2.75) is 58.6 Å². The Morgan fingerprint density at radius 1 is 1.23 bits per heavy atom. The Labute approximate surface area is 182 Å². The number of carbonyl (C=O) groups is 3. The molecule has 3 aliphatic rings. The van der Waals surface area contributed by atoms with Gasteiger partial charge in [0.25, 0.3) is 11.8 Å². The molecule has 1 aromatic carbocycles. The number of anilines is 1. The first-order chi connectivity index (χ1) is 14.6. The first-order valence-electron chi connectivity index (χ1n) is 10.9. The third-order valence-corrected chi connectivity index (χ3v) is 6.36. The number of piperidine rings is 1. The quantitative estimate of drug-likeness (QED) is 0.740. The van der Waals surface area contributed by atoms with E-state index in [1.54, 1.807) is 23.1 Å². The number of hydrogen-bond acceptors (Lipinski definition) is 5. The molecule has 0 saturated carbocycles. The lowest BCUT2D eigenvalue weighted by Crippen LogP contribution is -2.46. The zero-order valence-electron chi connectivity index (χ0n) is 18.7. The summed E-state index contributed by atoms with van der Waals surface area (Å²) in [5.74, 6) is 0.320. The van der Waals surface area contributed by atoms with Crippen molar-refractivity contribution in [3.63, 3.8) is 0 Å². The van der Waals surface area contributed by atoms with Gasteiger partial charge >= 0.3 is 6.09 Å². The van der Waals surface area contributed by atoms with Crippen molar-refractivity contribution in [1.29, 1.82) is 0 Å². The van der Waals surface area contributed by atoms with Gasteiger partial charge in [-0.05, 0) is 70.6 Å². The molecule has 4 rings (SSSR count). The van der Waals surface area contributed by atoms with E-state index < -0.39 is 5.60 Å². The molecule has 3 amide bonds. The molecule has 168 valence electrons. The molecule has 31 heavy (non-hydrogen) atoms. The van der Waals surface area contributed by atoms with Crippen LogP contribution in [0.2, 0.25) is 0 Å². The molecular formula is C23H31N3O5. The van der Waals surface area contributed by atoms with Gasteiger partial charge in [0.05, 0.1) is 5.69 Å². The van der Waals surface area contributed by atoms with E-state index in [0.29, 0.717) is 36.6 Å². The van der Waals surface area contributed by atoms with Gasteiger partial charge in [-0.2, -0.15) is 0 Å². The van der Waals surface area contributed by atoms with Gasteiger partial charge in [-0.1, -0.05) is 0 Å². The molecule has 0 bridgehead atoms. The molecule has 0 aromatic heterocycles. The molecule has 1 aromatic rings. The highest BCUT2D eigenvalue weighted by atomic mass is 16.6. The zero-order valence-corrected chi connectivity index (χ0v) is 18.7. The van der Waals surface area contributed by atoms with E-state index in [2.05, 4.69) is 12.2 Å². The lowest BCUT2D eigenvalue weighted by atomic mass is 9.77. The number of amides is 3. The minimum Gasteiger partial charge on any atom is -0.482 e. The normalized spacial score (nSPS) is 22.6. The van der Waals surface area contributed by atoms with Gasteiger partial charge in [0.2, 0.25) is 0 Å². The van der Waals surface area contributed by atoms with Gasteiger partial charge in [0, 0.05) is 31.2 Å². The monoisotopic (exact) mass is 429 g/mol. The van der Waals surface area contributed by atoms with Crippen LogP contribution in [0.25, 0.3) is 0 Å². The fourth-order valence-corrected chi connectivity index (χ4v) is 4.82. The minimum atomic E-state index is -0.503. The molecule has 1 unspecified atom stereocenters. The summed E-state index contributed by atoms with van der Waals surface area (Å²) < 4.78 is 10.9. The fraction of sp³-hybridized carbons (Fsp3) is 0.609. The predicted octanol–water partition coefficient (Wildman–Crippen LogP) is 3.27. The third-order valence-electron chi connectivity index (χ3n) is 6.36. The second kappa shape index (κ2) is 7.73. The highest BCUT2D eigenvalue weighted by Gasteiger charge is 2.46. The summed E-state index contributed by atoms with van der Waals surface area (Å²) in [6, 6.07) is 5.29. The highest BCUT2D eigenvalue weighted by molar-refractivity contribution is 6.00. The molecule has 2 fully saturated rings. The Hall–Kier alpha value is -2.77. The number of rotatable bonds is 1. The van der Waals surface area contributed by atoms with Crippen LogP contribution < -0.4 is 10.1 Å². The average Bonchev–Trinajstić information content (AvgIpc) is 3.01. The summed E-state index contributed by atoms with van der Waals surface area (Å²) in [5.41, 5.74) is 0.601. The summed E-state index contributed by atoms with van der Waals surface area (Å²) in [7, 11) is 0. The topological polar surface area (TPSA) is 88.2 Å². The van der Waals surface area contributed by atoms with Crippen molar-refractivity contribution in [3.8, 4) is 5.75 Å². The maximum Gasteiger partial charge on any atom is 0.410 e. The first kappa shape index (κ1) is 21.5. The molecule has 0 aliphatic carbocycles. The van der Waals surface area contributed by atoms with E-state index >= 15 is 0 Å². The van der Waals surface area contributed by atoms with Crippen LogP contribution in [0.3, 0.4) is 0 Å². The van der Waals surface area contributed by atoms with Crippen LogP contribution in [0.4, 0.5) is 10.5 Å². The van der Waals surface area contributed by atoms with Crippen LogP contribution in [0.15, 0.2) is 18.2 Å². The van der Waals surface area contributed by atoms with Crippen LogP contribution >= 0.6 is 0 Å². The van der Waals surface area contributed by atoms with E-state index in [4.69, 9.17) is 9.47 Å². The van der Waals surface area contributed by atoms with Crippen molar-refractivity contribution >= 4 is 23.6 Å². The summed E-state index contributed by atoms with van der Waals surface area (Å²) in [5, 5.41) is 2.76. The van der Waals surface area contributed by atoms with Gasteiger partial charge in [-0.15, -0.1) is 0 Å². The molecule has 1 spiro atoms. The average molecular weight is 430 g/mol. The lowest BCUT2D eigenvalue weighted by molar-refractivity contribution is -0.118. The van der Waals surface area contributed by atoms with Gasteiger partial charge in [-0.3, -0.25) is 9.59 Å². The predicted molar refractivity (Wildman–Crippen MR) is 115 cm³/mol. The Bertz CT molecular complexity index is 899. The van der Waals surface area contributed by atoms with Crippen molar-refractivity contribution < 1.29 is 23.9 Å². The van der Waals surface area contributed by atoms with Crippen molar-refractivity contribution in [2.24, 2.45) is 5.41 Å². The number of carbonyl (C=O) groups excluding carboxylic acids is 3. The van der Waals surface area contributed by atoms with E-state index in [-0.39, 0.29) is 36.0 Å². The Kier molecular flexibility index (Phi) is 5.35. The molecule has 1 atom stereocenters. The van der Waals surface area contributed by atoms with E-state index in [9.17, 15) is 14.4 Å². The summed E-state index contributed by atoms with van der Waals surface area (Å²) in [6.07, 6.45) is 2.37. The van der Waals surface area contributed by atoms with Crippen LogP contribution in [0.1, 0.15) is 57.3 Å². The van der Waals surface area contributed by atoms with Crippen LogP contribution in [0, 0.1) is 5.41 Å². The van der Waals surface area contributed by atoms with Gasteiger partial charge < -0.3 is 24.6 Å². The molecule has 0 radical (unpaired) electrons. The Morgan fingerprint density at radius 3 is 2.61 bits per heavy atom. The molecular weight excluding hydrogens is 398 g/mol. The summed E-state index contributed by atoms with van der Waals surface area (Å²) in [6.45, 7) is 9.65. The number of fused-ring (bicyclic) bond motifs is 1. The fourth-order valence-electron chi connectivity index (χ4n) is 4.82. The van der Waals surface area contributed by atoms with Gasteiger partial charge in [0.15, 0.2) is 6.61 Å². The van der Waals surface area contributed by atoms with E-state index in [1.807, 2.05) is 25.7 Å². The van der Waals surface area contributed by atoms with E-state index in [1.165, 1.54) is 0 Å². The molecule has 3 heterocycles. The van der Waals surface area contributed by atoms with Crippen LogP contribution in [-0.2, 0) is 9.53 Å². The standard InChI is InChI=1S/C23H31N3O5/c1-15-12-23(7-9-25(10-8-23)21(29)31-22(2,3)4)14-26(15)20(28)16-5-6-18-17(11-16)24-19(27)13-30-18/h5-6,11,15H,7-10,12-14H2,1-4H3,(H,24,27). The SMILES string of the molecule is CC1CC2(CCN(C(=O)OC(C)(C)C)CC2)CN1C(=O)c1ccc2c(c1)NC(=O)CO2. The molecule has 3 aliphatic heterocycles. The second-order valence-electron chi connectivity index (χ2n) is 10.0. The maximum absolute atomic E-state index is 13.3. The van der Waals surface area contributed by atoms with Crippen molar-refractivity contribution in [1.82, 2.24) is 9.80 Å². The lowest BCUT2D eigenvalue weighted by Gasteiger charge is -2.39. The largest absolute Gasteiger partial charge is 0.482 e. The van der Waals surface area contributed by atoms with Crippen LogP contribution in [-0.4, -0.2) is 65.6 Å². The number of nitrogens with zero attached hydrogens (tertiary/aromatic N) is 2. The van der Waals surface area contributed by atoms with Crippen molar-refractivity contribution in [2.75, 3.05) is 31.6 Å². The molecule has 8 heteroatoms. The second-order valence-corrected chi connectivity index (χ2v) is 10.0. The molecule has 1 N–H and O–H groups in total. The third kappa shape index (κ3) is 4.48. The molecule has 8 nitrogen and oxygen atoms in total. The minimum absolute atomic E-state index is 0.00765. The summed E-state index contributed by atoms with van der Waals surface area (Å²) in [4.78, 5) is 40.9. The summed E-state index contributed by atoms with van der Waals surface area (Å²) >= 11 is 0. The number of likely N-dealkylation sites (tertiary alicyclic amines) is 2. The van der Waals surface area contributed by atoms with E-state index in [0.717, 1.165) is 19.3 Å². The number of ether oxygens (including phenoxy) is 2. The number of nitrogens with one attached hydrogen (secondary N) is 1. The smallest absolute Gasteiger partial charge is 0.410 e. The van der Waals surface area contributed by atoms with Gasteiger partial charge in [-0.25, -0.2) is 4.79 Å². The maximum atomic E-state index is 13.3. The zero-order chi connectivity index (χ0) is 22.4. The number of hydrogen-bond donors (Lipinski definition) is 1.